The highest BCUT2D eigenvalue weighted by Crippen LogP contribution is 2.38. The first-order valence-corrected chi connectivity index (χ1v) is 7.27. The molecule has 3 rings (SSSR count). The molecule has 2 atom stereocenters. The minimum atomic E-state index is -0.0663. The molecule has 2 aromatic carbocycles. The summed E-state index contributed by atoms with van der Waals surface area (Å²) in [5.74, 6) is 0.545. The Bertz CT molecular complexity index is 579. The first-order chi connectivity index (χ1) is 9.75. The molecule has 0 aliphatic carbocycles. The number of nitrogens with one attached hydrogen (secondary N) is 1. The molecular weight excluding hydrogens is 249 g/mol. The van der Waals surface area contributed by atoms with Crippen molar-refractivity contribution in [3.05, 3.63) is 71.0 Å². The van der Waals surface area contributed by atoms with Crippen molar-refractivity contribution in [2.75, 3.05) is 13.1 Å². The summed E-state index contributed by atoms with van der Waals surface area (Å²) in [6.45, 7) is 3.91. The van der Waals surface area contributed by atoms with Crippen LogP contribution in [0.1, 0.15) is 34.9 Å². The molecule has 1 saturated heterocycles. The molecule has 1 aliphatic rings. The van der Waals surface area contributed by atoms with Crippen LogP contribution >= 0.6 is 0 Å². The molecule has 1 fully saturated rings. The number of hydrogen-bond donors (Lipinski definition) is 1. The molecule has 2 heteroatoms. The van der Waals surface area contributed by atoms with Crippen LogP contribution in [0, 0.1) is 12.7 Å². The van der Waals surface area contributed by atoms with Gasteiger partial charge in [0.2, 0.25) is 0 Å². The minimum Gasteiger partial charge on any atom is -0.316 e. The van der Waals surface area contributed by atoms with Crippen LogP contribution < -0.4 is 5.32 Å². The average molecular weight is 269 g/mol. The fraction of sp³-hybridized carbons (Fsp3) is 0.333. The minimum absolute atomic E-state index is 0.0663. The molecule has 0 amide bonds. The van der Waals surface area contributed by atoms with Crippen LogP contribution in [-0.2, 0) is 0 Å². The molecule has 104 valence electrons. The van der Waals surface area contributed by atoms with Gasteiger partial charge in [-0.05, 0) is 43.0 Å². The molecular formula is C18H20FN. The van der Waals surface area contributed by atoms with E-state index in [1.165, 1.54) is 5.56 Å². The van der Waals surface area contributed by atoms with Gasteiger partial charge >= 0.3 is 0 Å². The van der Waals surface area contributed by atoms with Crippen LogP contribution in [0.5, 0.6) is 0 Å². The van der Waals surface area contributed by atoms with E-state index in [1.54, 1.807) is 6.07 Å². The van der Waals surface area contributed by atoms with Crippen LogP contribution in [0.4, 0.5) is 4.39 Å². The summed E-state index contributed by atoms with van der Waals surface area (Å²) in [6.07, 6.45) is 0.986. The van der Waals surface area contributed by atoms with Gasteiger partial charge in [0.1, 0.15) is 5.82 Å². The third-order valence-electron chi connectivity index (χ3n) is 4.26. The first-order valence-electron chi connectivity index (χ1n) is 7.27. The fourth-order valence-electron chi connectivity index (χ4n) is 3.23. The molecule has 1 N–H and O–H groups in total. The number of halogens is 1. The highest BCUT2D eigenvalue weighted by molar-refractivity contribution is 5.33. The quantitative estimate of drug-likeness (QED) is 0.869. The third-order valence-corrected chi connectivity index (χ3v) is 4.26. The molecule has 0 radical (unpaired) electrons. The Kier molecular flexibility index (Phi) is 3.83. The average Bonchev–Trinajstić information content (AvgIpc) is 2.51. The summed E-state index contributed by atoms with van der Waals surface area (Å²) in [7, 11) is 0. The lowest BCUT2D eigenvalue weighted by atomic mass is 9.77. The fourth-order valence-corrected chi connectivity index (χ4v) is 3.23. The van der Waals surface area contributed by atoms with Crippen molar-refractivity contribution in [1.29, 1.82) is 0 Å². The summed E-state index contributed by atoms with van der Waals surface area (Å²) in [6, 6.07) is 15.9. The Morgan fingerprint density at radius 1 is 1.05 bits per heavy atom. The maximum atomic E-state index is 14.2. The number of hydrogen-bond acceptors (Lipinski definition) is 1. The van der Waals surface area contributed by atoms with Crippen molar-refractivity contribution in [3.63, 3.8) is 0 Å². The number of rotatable bonds is 2. The summed E-state index contributed by atoms with van der Waals surface area (Å²) in [5.41, 5.74) is 3.30. The number of benzene rings is 2. The maximum absolute atomic E-state index is 14.2. The highest BCUT2D eigenvalue weighted by Gasteiger charge is 2.29. The summed E-state index contributed by atoms with van der Waals surface area (Å²) >= 11 is 0. The third kappa shape index (κ3) is 2.61. The van der Waals surface area contributed by atoms with Crippen molar-refractivity contribution in [1.82, 2.24) is 5.32 Å². The van der Waals surface area contributed by atoms with Gasteiger partial charge in [0.25, 0.3) is 0 Å². The summed E-state index contributed by atoms with van der Waals surface area (Å²) in [5, 5.41) is 3.44. The Morgan fingerprint density at radius 2 is 1.85 bits per heavy atom. The summed E-state index contributed by atoms with van der Waals surface area (Å²) < 4.78 is 14.2. The topological polar surface area (TPSA) is 12.0 Å². The lowest BCUT2D eigenvalue weighted by Crippen LogP contribution is -2.34. The van der Waals surface area contributed by atoms with Crippen molar-refractivity contribution in [2.24, 2.45) is 0 Å². The van der Waals surface area contributed by atoms with Crippen LogP contribution in [0.3, 0.4) is 0 Å². The van der Waals surface area contributed by atoms with Gasteiger partial charge in [-0.15, -0.1) is 0 Å². The van der Waals surface area contributed by atoms with E-state index in [-0.39, 0.29) is 11.7 Å². The summed E-state index contributed by atoms with van der Waals surface area (Å²) in [4.78, 5) is 0. The van der Waals surface area contributed by atoms with Gasteiger partial charge in [-0.2, -0.15) is 0 Å². The van der Waals surface area contributed by atoms with Crippen molar-refractivity contribution in [2.45, 2.75) is 25.2 Å². The lowest BCUT2D eigenvalue weighted by Gasteiger charge is -2.33. The smallest absolute Gasteiger partial charge is 0.126 e. The Labute approximate surface area is 119 Å². The molecule has 20 heavy (non-hydrogen) atoms. The normalized spacial score (nSPS) is 22.7. The largest absolute Gasteiger partial charge is 0.316 e. The van der Waals surface area contributed by atoms with Gasteiger partial charge in [-0.1, -0.05) is 48.0 Å². The van der Waals surface area contributed by atoms with E-state index < -0.39 is 0 Å². The van der Waals surface area contributed by atoms with E-state index in [4.69, 9.17) is 0 Å². The molecule has 1 heterocycles. The van der Waals surface area contributed by atoms with Crippen LogP contribution in [0.2, 0.25) is 0 Å². The molecule has 0 aromatic heterocycles. The van der Waals surface area contributed by atoms with Crippen LogP contribution in [0.25, 0.3) is 0 Å². The van der Waals surface area contributed by atoms with Crippen LogP contribution in [-0.4, -0.2) is 13.1 Å². The Hall–Kier alpha value is -1.67. The predicted octanol–water partition coefficient (Wildman–Crippen LogP) is 3.99. The van der Waals surface area contributed by atoms with Crippen molar-refractivity contribution in [3.8, 4) is 0 Å². The molecule has 2 unspecified atom stereocenters. The van der Waals surface area contributed by atoms with Crippen LogP contribution in [0.15, 0.2) is 48.5 Å². The SMILES string of the molecule is Cc1ccc(F)c(C2CCNCC2c2ccccc2)c1. The van der Waals surface area contributed by atoms with E-state index in [0.717, 1.165) is 30.6 Å². The predicted molar refractivity (Wildman–Crippen MR) is 80.5 cm³/mol. The Morgan fingerprint density at radius 3 is 2.65 bits per heavy atom. The van der Waals surface area contributed by atoms with Gasteiger partial charge in [-0.3, -0.25) is 0 Å². The number of piperidine rings is 1. The monoisotopic (exact) mass is 269 g/mol. The lowest BCUT2D eigenvalue weighted by molar-refractivity contribution is 0.393. The zero-order chi connectivity index (χ0) is 13.9. The maximum Gasteiger partial charge on any atom is 0.126 e. The highest BCUT2D eigenvalue weighted by atomic mass is 19.1. The van der Waals surface area contributed by atoms with Crippen molar-refractivity contribution >= 4 is 0 Å². The van der Waals surface area contributed by atoms with Gasteiger partial charge in [0.05, 0.1) is 0 Å². The standard InChI is InChI=1S/C18H20FN/c1-13-7-8-18(19)16(11-13)15-9-10-20-12-17(15)14-5-3-2-4-6-14/h2-8,11,15,17,20H,9-10,12H2,1H3. The zero-order valence-corrected chi connectivity index (χ0v) is 11.8. The first kappa shape index (κ1) is 13.3. The second-order valence-corrected chi connectivity index (χ2v) is 5.64. The second-order valence-electron chi connectivity index (χ2n) is 5.64. The molecule has 1 aliphatic heterocycles. The van der Waals surface area contributed by atoms with E-state index in [2.05, 4.69) is 29.6 Å². The molecule has 0 spiro atoms. The van der Waals surface area contributed by atoms with Gasteiger partial charge in [-0.25, -0.2) is 4.39 Å². The molecule has 1 nitrogen and oxygen atoms in total. The molecule has 2 aromatic rings. The molecule has 0 bridgehead atoms. The Balaban J connectivity index is 1.99. The van der Waals surface area contributed by atoms with Gasteiger partial charge < -0.3 is 5.32 Å². The van der Waals surface area contributed by atoms with Crippen molar-refractivity contribution < 1.29 is 4.39 Å². The van der Waals surface area contributed by atoms with E-state index in [0.29, 0.717) is 5.92 Å². The second kappa shape index (κ2) is 5.76. The van der Waals surface area contributed by atoms with Gasteiger partial charge in [0.15, 0.2) is 0 Å². The number of aryl methyl sites for hydroxylation is 1. The zero-order valence-electron chi connectivity index (χ0n) is 11.8. The van der Waals surface area contributed by atoms with E-state index >= 15 is 0 Å². The van der Waals surface area contributed by atoms with E-state index in [1.807, 2.05) is 25.1 Å². The van der Waals surface area contributed by atoms with Gasteiger partial charge in [0, 0.05) is 12.5 Å². The van der Waals surface area contributed by atoms with E-state index in [9.17, 15) is 4.39 Å². The molecule has 0 saturated carbocycles.